The molecule has 0 spiro atoms. The van der Waals surface area contributed by atoms with Gasteiger partial charge in [-0.05, 0) is 63.1 Å². The number of aliphatic hydroxyl groups is 1. The summed E-state index contributed by atoms with van der Waals surface area (Å²) in [5.41, 5.74) is 2.74. The SMILES string of the molecule is CCC[C@@H]1C=C[C@H]2[C@@H](C(=O)N(CCCCCCO)[C@@H]2C(=O)Nc2cc(C)ccc2C)[C@@H]1C(=O)OCC. The standard InChI is InChI=1S/C29H42N2O5/c1-5-11-21-14-15-22-25(24(21)29(35)36-6-2)28(34)31(16-9-7-8-10-17-32)26(22)27(33)30-23-18-19(3)12-13-20(23)4/h12-15,18,21-22,24-26,32H,5-11,16-17H2,1-4H3,(H,30,33)/t21-,22+,24-,25-,26+/m1/s1. The molecule has 1 aliphatic heterocycles. The van der Waals surface area contributed by atoms with E-state index in [4.69, 9.17) is 9.84 Å². The second kappa shape index (κ2) is 13.0. The van der Waals surface area contributed by atoms with E-state index in [0.29, 0.717) is 6.54 Å². The number of hydrogen-bond acceptors (Lipinski definition) is 5. The van der Waals surface area contributed by atoms with Gasteiger partial charge in [-0.3, -0.25) is 14.4 Å². The highest BCUT2D eigenvalue weighted by Crippen LogP contribution is 2.46. The van der Waals surface area contributed by atoms with E-state index in [2.05, 4.69) is 12.2 Å². The summed E-state index contributed by atoms with van der Waals surface area (Å²) < 4.78 is 5.43. The zero-order valence-electron chi connectivity index (χ0n) is 22.2. The van der Waals surface area contributed by atoms with Gasteiger partial charge in [0.05, 0.1) is 18.4 Å². The van der Waals surface area contributed by atoms with Crippen LogP contribution in [-0.2, 0) is 19.1 Å². The number of benzene rings is 1. The highest BCUT2D eigenvalue weighted by molar-refractivity contribution is 6.02. The number of likely N-dealkylation sites (tertiary alicyclic amines) is 1. The topological polar surface area (TPSA) is 95.9 Å². The molecule has 3 rings (SSSR count). The van der Waals surface area contributed by atoms with Crippen molar-refractivity contribution in [3.05, 3.63) is 41.5 Å². The number of hydrogen-bond donors (Lipinski definition) is 2. The van der Waals surface area contributed by atoms with Crippen molar-refractivity contribution in [3.8, 4) is 0 Å². The van der Waals surface area contributed by atoms with Crippen LogP contribution in [-0.4, -0.2) is 53.6 Å². The summed E-state index contributed by atoms with van der Waals surface area (Å²) >= 11 is 0. The van der Waals surface area contributed by atoms with E-state index in [0.717, 1.165) is 55.3 Å². The number of fused-ring (bicyclic) bond motifs is 1. The normalized spacial score (nSPS) is 25.1. The average Bonchev–Trinajstić information content (AvgIpc) is 3.13. The number of ether oxygens (including phenoxy) is 1. The first-order chi connectivity index (χ1) is 17.3. The van der Waals surface area contributed by atoms with E-state index in [1.54, 1.807) is 11.8 Å². The Hall–Kier alpha value is -2.67. The summed E-state index contributed by atoms with van der Waals surface area (Å²) in [7, 11) is 0. The van der Waals surface area contributed by atoms with E-state index < -0.39 is 17.9 Å². The van der Waals surface area contributed by atoms with Gasteiger partial charge in [0, 0.05) is 24.8 Å². The molecule has 7 nitrogen and oxygen atoms in total. The predicted molar refractivity (Wildman–Crippen MR) is 140 cm³/mol. The molecule has 198 valence electrons. The fraction of sp³-hybridized carbons (Fsp3) is 0.621. The summed E-state index contributed by atoms with van der Waals surface area (Å²) in [6.45, 7) is 8.63. The van der Waals surface area contributed by atoms with Gasteiger partial charge in [0.25, 0.3) is 0 Å². The first-order valence-corrected chi connectivity index (χ1v) is 13.5. The molecule has 1 aromatic carbocycles. The maximum atomic E-state index is 13.9. The summed E-state index contributed by atoms with van der Waals surface area (Å²) in [5.74, 6) is -2.34. The molecule has 0 radical (unpaired) electrons. The first kappa shape index (κ1) is 27.9. The third-order valence-corrected chi connectivity index (χ3v) is 7.52. The zero-order valence-corrected chi connectivity index (χ0v) is 22.2. The minimum Gasteiger partial charge on any atom is -0.466 e. The smallest absolute Gasteiger partial charge is 0.310 e. The quantitative estimate of drug-likeness (QED) is 0.253. The van der Waals surface area contributed by atoms with Crippen LogP contribution in [0.4, 0.5) is 5.69 Å². The summed E-state index contributed by atoms with van der Waals surface area (Å²) in [5, 5.41) is 12.2. The van der Waals surface area contributed by atoms with Crippen LogP contribution in [0, 0.1) is 37.5 Å². The van der Waals surface area contributed by atoms with Crippen molar-refractivity contribution in [2.24, 2.45) is 23.7 Å². The number of unbranched alkanes of at least 4 members (excludes halogenated alkanes) is 3. The van der Waals surface area contributed by atoms with E-state index in [1.165, 1.54) is 0 Å². The number of nitrogens with zero attached hydrogens (tertiary/aromatic N) is 1. The number of esters is 1. The highest BCUT2D eigenvalue weighted by Gasteiger charge is 2.57. The van der Waals surface area contributed by atoms with Crippen LogP contribution in [0.1, 0.15) is 63.5 Å². The molecular weight excluding hydrogens is 456 g/mol. The first-order valence-electron chi connectivity index (χ1n) is 13.5. The van der Waals surface area contributed by atoms with Gasteiger partial charge in [0.1, 0.15) is 6.04 Å². The van der Waals surface area contributed by atoms with Crippen molar-refractivity contribution in [3.63, 3.8) is 0 Å². The Labute approximate surface area is 215 Å². The number of anilines is 1. The Morgan fingerprint density at radius 2 is 1.83 bits per heavy atom. The van der Waals surface area contributed by atoms with Gasteiger partial charge in [0.15, 0.2) is 0 Å². The van der Waals surface area contributed by atoms with Crippen molar-refractivity contribution >= 4 is 23.5 Å². The molecule has 0 saturated carbocycles. The molecule has 1 aliphatic carbocycles. The lowest BCUT2D eigenvalue weighted by Gasteiger charge is -2.33. The monoisotopic (exact) mass is 498 g/mol. The number of carbonyl (C=O) groups is 3. The second-order valence-electron chi connectivity index (χ2n) is 10.1. The lowest BCUT2D eigenvalue weighted by atomic mass is 9.69. The number of nitrogens with one attached hydrogen (secondary N) is 1. The molecule has 7 heteroatoms. The number of aliphatic hydroxyl groups excluding tert-OH is 1. The Morgan fingerprint density at radius 3 is 2.53 bits per heavy atom. The van der Waals surface area contributed by atoms with Gasteiger partial charge in [-0.1, -0.05) is 50.5 Å². The maximum Gasteiger partial charge on any atom is 0.310 e. The minimum absolute atomic E-state index is 0.0773. The zero-order chi connectivity index (χ0) is 26.2. The number of amides is 2. The molecule has 0 aromatic heterocycles. The molecule has 2 N–H and O–H groups in total. The van der Waals surface area contributed by atoms with Crippen LogP contribution in [0.5, 0.6) is 0 Å². The molecule has 2 amide bonds. The largest absolute Gasteiger partial charge is 0.466 e. The van der Waals surface area contributed by atoms with Crippen molar-refractivity contribution in [2.45, 2.75) is 72.3 Å². The molecular formula is C29H42N2O5. The molecule has 0 bridgehead atoms. The van der Waals surface area contributed by atoms with Gasteiger partial charge in [-0.15, -0.1) is 0 Å². The molecule has 1 aromatic rings. The third kappa shape index (κ3) is 6.17. The molecule has 1 heterocycles. The fourth-order valence-electron chi connectivity index (χ4n) is 5.73. The van der Waals surface area contributed by atoms with Gasteiger partial charge in [-0.25, -0.2) is 0 Å². The fourth-order valence-corrected chi connectivity index (χ4v) is 5.73. The minimum atomic E-state index is -0.684. The van der Waals surface area contributed by atoms with Crippen LogP contribution in [0.15, 0.2) is 30.4 Å². The molecule has 36 heavy (non-hydrogen) atoms. The van der Waals surface area contributed by atoms with Crippen LogP contribution >= 0.6 is 0 Å². The van der Waals surface area contributed by atoms with E-state index in [9.17, 15) is 14.4 Å². The predicted octanol–water partition coefficient (Wildman–Crippen LogP) is 4.40. The molecule has 1 fully saturated rings. The maximum absolute atomic E-state index is 13.9. The van der Waals surface area contributed by atoms with Gasteiger partial charge in [-0.2, -0.15) is 0 Å². The average molecular weight is 499 g/mol. The molecule has 0 unspecified atom stereocenters. The van der Waals surface area contributed by atoms with Crippen molar-refractivity contribution in [1.29, 1.82) is 0 Å². The number of rotatable bonds is 12. The Morgan fingerprint density at radius 1 is 1.08 bits per heavy atom. The van der Waals surface area contributed by atoms with Gasteiger partial charge in [0.2, 0.25) is 11.8 Å². The van der Waals surface area contributed by atoms with Gasteiger partial charge >= 0.3 is 5.97 Å². The van der Waals surface area contributed by atoms with Crippen LogP contribution in [0.2, 0.25) is 0 Å². The summed E-state index contributed by atoms with van der Waals surface area (Å²) in [6.07, 6.45) is 8.90. The lowest BCUT2D eigenvalue weighted by molar-refractivity contribution is -0.155. The Kier molecular flexibility index (Phi) is 10.1. The lowest BCUT2D eigenvalue weighted by Crippen LogP contribution is -2.44. The number of aryl methyl sites for hydroxylation is 2. The molecule has 1 saturated heterocycles. The van der Waals surface area contributed by atoms with E-state index in [1.807, 2.05) is 44.2 Å². The van der Waals surface area contributed by atoms with Crippen LogP contribution < -0.4 is 5.32 Å². The summed E-state index contributed by atoms with van der Waals surface area (Å²) in [4.78, 5) is 42.4. The van der Waals surface area contributed by atoms with Crippen LogP contribution in [0.3, 0.4) is 0 Å². The number of allylic oxidation sites excluding steroid dienone is 1. The number of carbonyl (C=O) groups excluding carboxylic acids is 3. The van der Waals surface area contributed by atoms with Crippen molar-refractivity contribution < 1.29 is 24.2 Å². The second-order valence-corrected chi connectivity index (χ2v) is 10.1. The molecule has 5 atom stereocenters. The third-order valence-electron chi connectivity index (χ3n) is 7.52. The summed E-state index contributed by atoms with van der Waals surface area (Å²) in [6, 6.07) is 5.23. The van der Waals surface area contributed by atoms with Gasteiger partial charge < -0.3 is 20.1 Å². The van der Waals surface area contributed by atoms with E-state index >= 15 is 0 Å². The van der Waals surface area contributed by atoms with Crippen molar-refractivity contribution in [1.82, 2.24) is 4.90 Å². The Bertz CT molecular complexity index is 959. The Balaban J connectivity index is 1.93. The van der Waals surface area contributed by atoms with E-state index in [-0.39, 0.29) is 42.8 Å². The molecule has 2 aliphatic rings. The van der Waals surface area contributed by atoms with Crippen molar-refractivity contribution in [2.75, 3.05) is 25.1 Å². The van der Waals surface area contributed by atoms with Crippen LogP contribution in [0.25, 0.3) is 0 Å². The highest BCUT2D eigenvalue weighted by atomic mass is 16.5.